The van der Waals surface area contributed by atoms with E-state index in [1.807, 2.05) is 0 Å². The average Bonchev–Trinajstić information content (AvgIpc) is 2.63. The van der Waals surface area contributed by atoms with Gasteiger partial charge < -0.3 is 14.4 Å². The number of rotatable bonds is 7. The summed E-state index contributed by atoms with van der Waals surface area (Å²) in [5.74, 6) is 0.747. The lowest BCUT2D eigenvalue weighted by atomic mass is 10.0. The number of methoxy groups -OCH3 is 2. The van der Waals surface area contributed by atoms with Gasteiger partial charge in [0, 0.05) is 25.2 Å². The largest absolute Gasteiger partial charge is 0.493 e. The van der Waals surface area contributed by atoms with Crippen LogP contribution in [0.2, 0.25) is 5.02 Å². The predicted octanol–water partition coefficient (Wildman–Crippen LogP) is 2.30. The fraction of sp³-hybridized carbons (Fsp3) is 0.500. The van der Waals surface area contributed by atoms with Crippen LogP contribution in [0.15, 0.2) is 18.2 Å². The van der Waals surface area contributed by atoms with Crippen molar-refractivity contribution in [3.05, 3.63) is 28.8 Å². The second kappa shape index (κ2) is 9.43. The molecular weight excluding hydrogens is 392 g/mol. The van der Waals surface area contributed by atoms with Crippen molar-refractivity contribution < 1.29 is 22.7 Å². The topological polar surface area (TPSA) is 84.9 Å². The first kappa shape index (κ1) is 21.5. The Kier molecular flexibility index (Phi) is 7.52. The van der Waals surface area contributed by atoms with Gasteiger partial charge >= 0.3 is 0 Å². The summed E-state index contributed by atoms with van der Waals surface area (Å²) in [7, 11) is -0.276. The number of halogens is 1. The molecular formula is C18H25ClN2O5S. The number of nitrogens with zero attached hydrogens (tertiary/aromatic N) is 1. The van der Waals surface area contributed by atoms with Crippen molar-refractivity contribution in [2.45, 2.75) is 25.3 Å². The zero-order valence-electron chi connectivity index (χ0n) is 15.7. The van der Waals surface area contributed by atoms with Crippen LogP contribution in [0.5, 0.6) is 11.5 Å². The number of likely N-dealkylation sites (tertiary alicyclic amines) is 1. The molecule has 1 aliphatic rings. The van der Waals surface area contributed by atoms with E-state index < -0.39 is 10.0 Å². The minimum absolute atomic E-state index is 0.153. The first-order valence-corrected chi connectivity index (χ1v) is 10.9. The number of hydrogen-bond acceptors (Lipinski definition) is 5. The predicted molar refractivity (Wildman–Crippen MR) is 106 cm³/mol. The second-order valence-corrected chi connectivity index (χ2v) is 8.61. The third-order valence-electron chi connectivity index (χ3n) is 4.37. The van der Waals surface area contributed by atoms with E-state index in [9.17, 15) is 13.2 Å². The van der Waals surface area contributed by atoms with Gasteiger partial charge in [0.1, 0.15) is 0 Å². The minimum atomic E-state index is -3.29. The number of hydrogen-bond donors (Lipinski definition) is 1. The molecule has 0 saturated carbocycles. The van der Waals surface area contributed by atoms with Gasteiger partial charge in [-0.25, -0.2) is 13.1 Å². The number of carbonyl (C=O) groups is 1. The molecule has 1 saturated heterocycles. The Balaban J connectivity index is 2.13. The quantitative estimate of drug-likeness (QED) is 0.689. The zero-order chi connectivity index (χ0) is 20.0. The highest BCUT2D eigenvalue weighted by atomic mass is 35.5. The van der Waals surface area contributed by atoms with Gasteiger partial charge in [-0.3, -0.25) is 4.79 Å². The smallest absolute Gasteiger partial charge is 0.246 e. The number of piperidine rings is 1. The lowest BCUT2D eigenvalue weighted by molar-refractivity contribution is -0.129. The fourth-order valence-electron chi connectivity index (χ4n) is 3.05. The van der Waals surface area contributed by atoms with Crippen molar-refractivity contribution >= 4 is 33.6 Å². The number of carbonyl (C=O) groups excluding carboxylic acids is 1. The molecule has 2 rings (SSSR count). The molecule has 9 heteroatoms. The first-order chi connectivity index (χ1) is 12.7. The molecule has 0 aromatic heterocycles. The molecule has 0 bridgehead atoms. The summed E-state index contributed by atoms with van der Waals surface area (Å²) in [6.45, 7) is 0.826. The Hall–Kier alpha value is -1.77. The van der Waals surface area contributed by atoms with Crippen LogP contribution in [0.4, 0.5) is 0 Å². The Morgan fingerprint density at radius 1 is 1.33 bits per heavy atom. The monoisotopic (exact) mass is 416 g/mol. The second-order valence-electron chi connectivity index (χ2n) is 6.37. The van der Waals surface area contributed by atoms with Crippen LogP contribution in [-0.2, 0) is 14.8 Å². The Morgan fingerprint density at radius 3 is 2.70 bits per heavy atom. The van der Waals surface area contributed by atoms with E-state index in [0.717, 1.165) is 25.5 Å². The third-order valence-corrected chi connectivity index (χ3v) is 5.34. The van der Waals surface area contributed by atoms with Crippen LogP contribution in [0.3, 0.4) is 0 Å². The number of nitrogens with one attached hydrogen (secondary N) is 1. The van der Waals surface area contributed by atoms with Crippen LogP contribution in [0.1, 0.15) is 24.8 Å². The molecule has 1 unspecified atom stereocenters. The normalized spacial score (nSPS) is 17.9. The fourth-order valence-corrected chi connectivity index (χ4v) is 3.84. The van der Waals surface area contributed by atoms with Crippen molar-refractivity contribution in [2.24, 2.45) is 0 Å². The molecule has 1 aromatic rings. The van der Waals surface area contributed by atoms with E-state index in [1.54, 1.807) is 23.1 Å². The van der Waals surface area contributed by atoms with Crippen molar-refractivity contribution in [3.63, 3.8) is 0 Å². The zero-order valence-corrected chi connectivity index (χ0v) is 17.3. The van der Waals surface area contributed by atoms with Crippen LogP contribution in [0, 0.1) is 0 Å². The van der Waals surface area contributed by atoms with Gasteiger partial charge in [-0.1, -0.05) is 11.6 Å². The maximum Gasteiger partial charge on any atom is 0.246 e. The number of ether oxygens (including phenoxy) is 2. The van der Waals surface area contributed by atoms with Gasteiger partial charge in [0.25, 0.3) is 0 Å². The molecule has 150 valence electrons. The van der Waals surface area contributed by atoms with Gasteiger partial charge in [-0.05, 0) is 43.0 Å². The number of benzene rings is 1. The third kappa shape index (κ3) is 6.12. The summed E-state index contributed by atoms with van der Waals surface area (Å²) in [5.41, 5.74) is 0.703. The molecule has 0 spiro atoms. The summed E-state index contributed by atoms with van der Waals surface area (Å²) in [6, 6.07) is 3.26. The summed E-state index contributed by atoms with van der Waals surface area (Å²) in [5, 5.41) is 0.386. The molecule has 0 aliphatic carbocycles. The van der Waals surface area contributed by atoms with Crippen molar-refractivity contribution in [3.8, 4) is 11.5 Å². The maximum atomic E-state index is 12.6. The molecule has 7 nitrogen and oxygen atoms in total. The van der Waals surface area contributed by atoms with Crippen LogP contribution >= 0.6 is 11.6 Å². The van der Waals surface area contributed by atoms with Crippen LogP contribution in [0.25, 0.3) is 6.08 Å². The van der Waals surface area contributed by atoms with Gasteiger partial charge in [0.05, 0.1) is 25.5 Å². The lowest BCUT2D eigenvalue weighted by Gasteiger charge is -2.35. The number of sulfonamides is 1. The lowest BCUT2D eigenvalue weighted by Crippen LogP contribution is -2.48. The molecule has 1 amide bonds. The average molecular weight is 417 g/mol. The Labute approximate surface area is 165 Å². The Morgan fingerprint density at radius 2 is 2.07 bits per heavy atom. The first-order valence-electron chi connectivity index (χ1n) is 8.60. The van der Waals surface area contributed by atoms with E-state index in [4.69, 9.17) is 21.1 Å². The molecule has 1 atom stereocenters. The van der Waals surface area contributed by atoms with Crippen molar-refractivity contribution in [1.29, 1.82) is 0 Å². The Bertz CT molecular complexity index is 810. The highest BCUT2D eigenvalue weighted by Gasteiger charge is 2.26. The van der Waals surface area contributed by atoms with Crippen LogP contribution < -0.4 is 14.2 Å². The molecule has 0 radical (unpaired) electrons. The molecule has 1 aromatic carbocycles. The van der Waals surface area contributed by atoms with Gasteiger partial charge in [0.2, 0.25) is 15.9 Å². The maximum absolute atomic E-state index is 12.6. The van der Waals surface area contributed by atoms with Gasteiger partial charge in [-0.15, -0.1) is 0 Å². The molecule has 1 fully saturated rings. The van der Waals surface area contributed by atoms with Gasteiger partial charge in [-0.2, -0.15) is 0 Å². The molecule has 1 aliphatic heterocycles. The number of amides is 1. The summed E-state index contributed by atoms with van der Waals surface area (Å²) in [6.07, 6.45) is 6.88. The highest BCUT2D eigenvalue weighted by molar-refractivity contribution is 7.88. The van der Waals surface area contributed by atoms with Gasteiger partial charge in [0.15, 0.2) is 11.5 Å². The molecule has 1 N–H and O–H groups in total. The standard InChI is InChI=1S/C18H25ClN2O5S/c1-25-16-11-13(10-15(19)18(16)26-2)7-8-17(22)21-9-5-4-6-14(21)12-20-27(3,23)24/h7-8,10-11,14,20H,4-6,9,12H2,1-3H3/b8-7+. The molecule has 27 heavy (non-hydrogen) atoms. The van der Waals surface area contributed by atoms with E-state index in [-0.39, 0.29) is 18.5 Å². The van der Waals surface area contributed by atoms with Crippen molar-refractivity contribution in [1.82, 2.24) is 9.62 Å². The summed E-state index contributed by atoms with van der Waals surface area (Å²) in [4.78, 5) is 14.4. The van der Waals surface area contributed by atoms with Crippen molar-refractivity contribution in [2.75, 3.05) is 33.6 Å². The van der Waals surface area contributed by atoms with E-state index in [1.165, 1.54) is 20.3 Å². The highest BCUT2D eigenvalue weighted by Crippen LogP contribution is 2.36. The SMILES string of the molecule is COc1cc(/C=C/C(=O)N2CCCCC2CNS(C)(=O)=O)cc(Cl)c1OC. The summed E-state index contributed by atoms with van der Waals surface area (Å²) >= 11 is 6.19. The van der Waals surface area contributed by atoms with E-state index >= 15 is 0 Å². The summed E-state index contributed by atoms with van der Waals surface area (Å²) < 4.78 is 35.6. The van der Waals surface area contributed by atoms with Crippen LogP contribution in [-0.4, -0.2) is 58.8 Å². The minimum Gasteiger partial charge on any atom is -0.493 e. The molecule has 1 heterocycles. The van der Waals surface area contributed by atoms with E-state index in [2.05, 4.69) is 4.72 Å². The van der Waals surface area contributed by atoms with E-state index in [0.29, 0.717) is 28.6 Å².